The van der Waals surface area contributed by atoms with Gasteiger partial charge in [-0.05, 0) is 43.4 Å². The smallest absolute Gasteiger partial charge is 0.0992 e. The van der Waals surface area contributed by atoms with E-state index in [1.807, 2.05) is 12.1 Å². The van der Waals surface area contributed by atoms with Crippen LogP contribution in [0.4, 0.5) is 5.69 Å². The molecular weight excluding hydrogens is 184 g/mol. The van der Waals surface area contributed by atoms with Crippen molar-refractivity contribution >= 4 is 11.3 Å². The number of nitrogens with zero attached hydrogens (tertiary/aromatic N) is 1. The van der Waals surface area contributed by atoms with Crippen LogP contribution in [0.1, 0.15) is 36.8 Å². The highest BCUT2D eigenvalue weighted by Gasteiger charge is 2.09. The third kappa shape index (κ3) is 2.02. The van der Waals surface area contributed by atoms with E-state index in [0.29, 0.717) is 5.56 Å². The van der Waals surface area contributed by atoms with Crippen LogP contribution in [0, 0.1) is 11.3 Å². The number of hydrogen-bond acceptors (Lipinski definition) is 2. The molecule has 0 spiro atoms. The first-order chi connectivity index (χ1) is 7.31. The van der Waals surface area contributed by atoms with Gasteiger partial charge in [0, 0.05) is 11.3 Å². The molecule has 0 aliphatic heterocycles. The molecule has 0 radical (unpaired) electrons. The van der Waals surface area contributed by atoms with Crippen LogP contribution in [0.2, 0.25) is 0 Å². The maximum atomic E-state index is 8.74. The summed E-state index contributed by atoms with van der Waals surface area (Å²) >= 11 is 0. The Bertz CT molecular complexity index is 438. The van der Waals surface area contributed by atoms with Crippen molar-refractivity contribution in [3.05, 3.63) is 35.4 Å². The number of rotatable bonds is 1. The van der Waals surface area contributed by atoms with Crippen molar-refractivity contribution in [1.29, 1.82) is 5.26 Å². The van der Waals surface area contributed by atoms with Crippen LogP contribution in [-0.2, 0) is 0 Å². The Balaban J connectivity index is 2.37. The molecular formula is C13H14N2. The molecule has 2 rings (SSSR count). The Morgan fingerprint density at radius 1 is 1.27 bits per heavy atom. The van der Waals surface area contributed by atoms with Gasteiger partial charge in [0.25, 0.3) is 0 Å². The van der Waals surface area contributed by atoms with Crippen molar-refractivity contribution in [3.63, 3.8) is 0 Å². The summed E-state index contributed by atoms with van der Waals surface area (Å²) in [7, 11) is 0. The monoisotopic (exact) mass is 198 g/mol. The lowest BCUT2D eigenvalue weighted by molar-refractivity contribution is 0.742. The third-order valence-corrected chi connectivity index (χ3v) is 2.82. The Labute approximate surface area is 90.0 Å². The highest BCUT2D eigenvalue weighted by Crippen LogP contribution is 2.30. The lowest BCUT2D eigenvalue weighted by Gasteiger charge is -2.14. The van der Waals surface area contributed by atoms with Gasteiger partial charge in [0.05, 0.1) is 11.6 Å². The van der Waals surface area contributed by atoms with E-state index in [2.05, 4.69) is 12.1 Å². The number of hydrogen-bond donors (Lipinski definition) is 1. The van der Waals surface area contributed by atoms with E-state index in [1.165, 1.54) is 18.4 Å². The molecule has 2 N–H and O–H groups in total. The van der Waals surface area contributed by atoms with Crippen molar-refractivity contribution in [3.8, 4) is 6.07 Å². The summed E-state index contributed by atoms with van der Waals surface area (Å²) in [5.74, 6) is 0. The minimum atomic E-state index is 0.632. The molecule has 1 aromatic rings. The van der Waals surface area contributed by atoms with Gasteiger partial charge in [-0.3, -0.25) is 0 Å². The van der Waals surface area contributed by atoms with E-state index in [-0.39, 0.29) is 0 Å². The zero-order chi connectivity index (χ0) is 10.7. The lowest BCUT2D eigenvalue weighted by Crippen LogP contribution is -1.97. The van der Waals surface area contributed by atoms with Crippen LogP contribution in [0.3, 0.4) is 0 Å². The minimum Gasteiger partial charge on any atom is -0.398 e. The highest BCUT2D eigenvalue weighted by molar-refractivity contribution is 5.76. The van der Waals surface area contributed by atoms with Crippen molar-refractivity contribution in [2.24, 2.45) is 0 Å². The molecule has 2 nitrogen and oxygen atoms in total. The van der Waals surface area contributed by atoms with Crippen LogP contribution in [0.25, 0.3) is 5.57 Å². The molecule has 1 aliphatic carbocycles. The Morgan fingerprint density at radius 3 is 2.73 bits per heavy atom. The summed E-state index contributed by atoms with van der Waals surface area (Å²) in [6.07, 6.45) is 7.04. The molecule has 2 heteroatoms. The van der Waals surface area contributed by atoms with E-state index in [4.69, 9.17) is 11.0 Å². The lowest BCUT2D eigenvalue weighted by atomic mass is 9.92. The molecule has 0 bridgehead atoms. The first-order valence-corrected chi connectivity index (χ1v) is 5.30. The first-order valence-electron chi connectivity index (χ1n) is 5.30. The van der Waals surface area contributed by atoms with Gasteiger partial charge in [-0.2, -0.15) is 5.26 Å². The number of anilines is 1. The topological polar surface area (TPSA) is 49.8 Å². The molecule has 0 amide bonds. The Hall–Kier alpha value is -1.75. The maximum Gasteiger partial charge on any atom is 0.0992 e. The van der Waals surface area contributed by atoms with Crippen molar-refractivity contribution in [2.45, 2.75) is 25.7 Å². The zero-order valence-electron chi connectivity index (χ0n) is 8.66. The van der Waals surface area contributed by atoms with Gasteiger partial charge in [0.15, 0.2) is 0 Å². The molecule has 76 valence electrons. The largest absolute Gasteiger partial charge is 0.398 e. The highest BCUT2D eigenvalue weighted by atomic mass is 14.6. The normalized spacial score (nSPS) is 15.5. The molecule has 0 heterocycles. The minimum absolute atomic E-state index is 0.632. The van der Waals surface area contributed by atoms with E-state index in [1.54, 1.807) is 6.07 Å². The number of nitrogens with two attached hydrogens (primary N) is 1. The summed E-state index contributed by atoms with van der Waals surface area (Å²) in [6.45, 7) is 0. The second-order valence-corrected chi connectivity index (χ2v) is 3.89. The average molecular weight is 198 g/mol. The van der Waals surface area contributed by atoms with Crippen molar-refractivity contribution in [1.82, 2.24) is 0 Å². The molecule has 15 heavy (non-hydrogen) atoms. The first kappa shape index (κ1) is 9.79. The number of benzene rings is 1. The van der Waals surface area contributed by atoms with Crippen molar-refractivity contribution in [2.75, 3.05) is 5.73 Å². The SMILES string of the molecule is N#Cc1ccc(C2=CCCCC2)c(N)c1. The molecule has 1 aromatic carbocycles. The van der Waals surface area contributed by atoms with Gasteiger partial charge in [-0.25, -0.2) is 0 Å². The molecule has 0 fully saturated rings. The van der Waals surface area contributed by atoms with Crippen LogP contribution in [0.5, 0.6) is 0 Å². The predicted molar refractivity (Wildman–Crippen MR) is 62.0 cm³/mol. The van der Waals surface area contributed by atoms with E-state index in [0.717, 1.165) is 24.1 Å². The summed E-state index contributed by atoms with van der Waals surface area (Å²) in [6, 6.07) is 7.65. The number of allylic oxidation sites excluding steroid dienone is 2. The van der Waals surface area contributed by atoms with E-state index >= 15 is 0 Å². The van der Waals surface area contributed by atoms with E-state index < -0.39 is 0 Å². The fourth-order valence-corrected chi connectivity index (χ4v) is 2.01. The standard InChI is InChI=1S/C13H14N2/c14-9-10-6-7-12(13(15)8-10)11-4-2-1-3-5-11/h4,6-8H,1-3,5,15H2. The number of nitriles is 1. The van der Waals surface area contributed by atoms with Crippen LogP contribution in [-0.4, -0.2) is 0 Å². The quantitative estimate of drug-likeness (QED) is 0.705. The fourth-order valence-electron chi connectivity index (χ4n) is 2.01. The van der Waals surface area contributed by atoms with E-state index in [9.17, 15) is 0 Å². The molecule has 0 aromatic heterocycles. The molecule has 0 unspecified atom stereocenters. The van der Waals surface area contributed by atoms with Gasteiger partial charge in [0.1, 0.15) is 0 Å². The van der Waals surface area contributed by atoms with Gasteiger partial charge >= 0.3 is 0 Å². The Kier molecular flexibility index (Phi) is 2.73. The fraction of sp³-hybridized carbons (Fsp3) is 0.308. The van der Waals surface area contributed by atoms with Gasteiger partial charge < -0.3 is 5.73 Å². The van der Waals surface area contributed by atoms with Crippen LogP contribution < -0.4 is 5.73 Å². The van der Waals surface area contributed by atoms with Gasteiger partial charge in [0.2, 0.25) is 0 Å². The summed E-state index contributed by atoms with van der Waals surface area (Å²) < 4.78 is 0. The summed E-state index contributed by atoms with van der Waals surface area (Å²) in [5, 5.41) is 8.74. The van der Waals surface area contributed by atoms with Crippen LogP contribution >= 0.6 is 0 Å². The second-order valence-electron chi connectivity index (χ2n) is 3.89. The number of nitrogen functional groups attached to an aromatic ring is 1. The molecule has 0 saturated carbocycles. The summed E-state index contributed by atoms with van der Waals surface area (Å²) in [4.78, 5) is 0. The van der Waals surface area contributed by atoms with Gasteiger partial charge in [-0.15, -0.1) is 0 Å². The Morgan fingerprint density at radius 2 is 2.13 bits per heavy atom. The predicted octanol–water partition coefficient (Wildman–Crippen LogP) is 3.10. The third-order valence-electron chi connectivity index (χ3n) is 2.82. The maximum absolute atomic E-state index is 8.74. The average Bonchev–Trinajstić information content (AvgIpc) is 2.30. The van der Waals surface area contributed by atoms with Crippen molar-refractivity contribution < 1.29 is 0 Å². The molecule has 0 saturated heterocycles. The summed E-state index contributed by atoms with van der Waals surface area (Å²) in [5.41, 5.74) is 9.73. The zero-order valence-corrected chi connectivity index (χ0v) is 8.66. The molecule has 1 aliphatic rings. The second kappa shape index (κ2) is 4.18. The molecule has 0 atom stereocenters. The van der Waals surface area contributed by atoms with Gasteiger partial charge in [-0.1, -0.05) is 12.1 Å². The van der Waals surface area contributed by atoms with Crippen LogP contribution in [0.15, 0.2) is 24.3 Å².